The molecule has 112 valence electrons. The number of amides is 1. The van der Waals surface area contributed by atoms with E-state index in [9.17, 15) is 4.79 Å². The number of carbonyl (C=O) groups excluding carboxylic acids is 1. The van der Waals surface area contributed by atoms with Crippen LogP contribution in [0.1, 0.15) is 25.8 Å². The van der Waals surface area contributed by atoms with Gasteiger partial charge in [0.1, 0.15) is 0 Å². The second-order valence-electron chi connectivity index (χ2n) is 5.72. The van der Waals surface area contributed by atoms with Gasteiger partial charge in [-0.15, -0.1) is 0 Å². The van der Waals surface area contributed by atoms with Crippen molar-refractivity contribution in [1.82, 2.24) is 24.2 Å². The maximum atomic E-state index is 12.6. The lowest BCUT2D eigenvalue weighted by Crippen LogP contribution is -2.43. The highest BCUT2D eigenvalue weighted by Gasteiger charge is 2.27. The van der Waals surface area contributed by atoms with Gasteiger partial charge in [0.2, 0.25) is 5.91 Å². The van der Waals surface area contributed by atoms with E-state index in [2.05, 4.69) is 14.6 Å². The molecule has 0 aromatic carbocycles. The van der Waals surface area contributed by atoms with Crippen LogP contribution in [0.4, 0.5) is 0 Å². The molecule has 1 amide bonds. The molecule has 3 rings (SSSR count). The van der Waals surface area contributed by atoms with E-state index in [0.29, 0.717) is 12.6 Å². The molecular formula is C15H21N5O. The Morgan fingerprint density at radius 1 is 1.38 bits per heavy atom. The fourth-order valence-corrected chi connectivity index (χ4v) is 2.96. The van der Waals surface area contributed by atoms with E-state index < -0.39 is 0 Å². The average Bonchev–Trinajstić information content (AvgIpc) is 3.20. The lowest BCUT2D eigenvalue weighted by molar-refractivity contribution is -0.137. The van der Waals surface area contributed by atoms with Gasteiger partial charge in [-0.2, -0.15) is 5.10 Å². The smallest absolute Gasteiger partial charge is 0.227 e. The van der Waals surface area contributed by atoms with Crippen LogP contribution in [0.3, 0.4) is 0 Å². The van der Waals surface area contributed by atoms with E-state index in [-0.39, 0.29) is 11.8 Å². The minimum absolute atomic E-state index is 0.0496. The molecule has 1 saturated heterocycles. The second-order valence-corrected chi connectivity index (χ2v) is 5.72. The van der Waals surface area contributed by atoms with Crippen LogP contribution in [0.2, 0.25) is 0 Å². The standard InChI is InChI=1S/C15H21N5O/c1-13(10-20-8-3-5-17-20)15(21)18-7-2-4-14(11-18)19-9-6-16-12-19/h3,5-6,8-9,12-14H,2,4,7,10-11H2,1H3. The Morgan fingerprint density at radius 3 is 3.00 bits per heavy atom. The minimum atomic E-state index is -0.0496. The Hall–Kier alpha value is -2.11. The van der Waals surface area contributed by atoms with E-state index >= 15 is 0 Å². The van der Waals surface area contributed by atoms with Gasteiger partial charge in [0.15, 0.2) is 0 Å². The zero-order chi connectivity index (χ0) is 14.7. The fraction of sp³-hybridized carbons (Fsp3) is 0.533. The fourth-order valence-electron chi connectivity index (χ4n) is 2.96. The Bertz CT molecular complexity index is 563. The van der Waals surface area contributed by atoms with E-state index in [1.165, 1.54) is 0 Å². The number of piperidine rings is 1. The normalized spacial score (nSPS) is 20.4. The first-order valence-corrected chi connectivity index (χ1v) is 7.47. The van der Waals surface area contributed by atoms with Gasteiger partial charge < -0.3 is 9.47 Å². The predicted octanol–water partition coefficient (Wildman–Crippen LogP) is 1.58. The van der Waals surface area contributed by atoms with Crippen LogP contribution in [0, 0.1) is 5.92 Å². The van der Waals surface area contributed by atoms with Gasteiger partial charge in [-0.1, -0.05) is 6.92 Å². The number of aromatic nitrogens is 4. The van der Waals surface area contributed by atoms with Crippen molar-refractivity contribution in [3.63, 3.8) is 0 Å². The average molecular weight is 287 g/mol. The van der Waals surface area contributed by atoms with Crippen LogP contribution < -0.4 is 0 Å². The number of imidazole rings is 1. The molecule has 2 unspecified atom stereocenters. The van der Waals surface area contributed by atoms with Crippen molar-refractivity contribution in [3.05, 3.63) is 37.2 Å². The third-order valence-electron chi connectivity index (χ3n) is 4.10. The first-order chi connectivity index (χ1) is 10.2. The first-order valence-electron chi connectivity index (χ1n) is 7.47. The van der Waals surface area contributed by atoms with Crippen molar-refractivity contribution < 1.29 is 4.79 Å². The van der Waals surface area contributed by atoms with Crippen LogP contribution in [-0.2, 0) is 11.3 Å². The number of hydrogen-bond donors (Lipinski definition) is 0. The molecule has 6 nitrogen and oxygen atoms in total. The predicted molar refractivity (Wildman–Crippen MR) is 78.5 cm³/mol. The number of likely N-dealkylation sites (tertiary alicyclic amines) is 1. The first kappa shape index (κ1) is 13.9. The van der Waals surface area contributed by atoms with Crippen molar-refractivity contribution in [1.29, 1.82) is 0 Å². The molecule has 2 aromatic rings. The highest BCUT2D eigenvalue weighted by atomic mass is 16.2. The van der Waals surface area contributed by atoms with Gasteiger partial charge in [-0.05, 0) is 18.9 Å². The summed E-state index contributed by atoms with van der Waals surface area (Å²) in [5.74, 6) is 0.168. The quantitative estimate of drug-likeness (QED) is 0.858. The molecule has 0 aliphatic carbocycles. The SMILES string of the molecule is CC(Cn1cccn1)C(=O)N1CCCC(n2ccnc2)C1. The van der Waals surface area contributed by atoms with Crippen LogP contribution in [-0.4, -0.2) is 43.2 Å². The van der Waals surface area contributed by atoms with E-state index in [0.717, 1.165) is 25.9 Å². The van der Waals surface area contributed by atoms with Gasteiger partial charge in [0.05, 0.1) is 24.8 Å². The molecule has 1 aliphatic heterocycles. The van der Waals surface area contributed by atoms with Gasteiger partial charge in [0, 0.05) is 37.9 Å². The maximum absolute atomic E-state index is 12.6. The summed E-state index contributed by atoms with van der Waals surface area (Å²) in [6.45, 7) is 4.25. The lowest BCUT2D eigenvalue weighted by Gasteiger charge is -2.34. The Morgan fingerprint density at radius 2 is 2.29 bits per heavy atom. The molecule has 2 aromatic heterocycles. The summed E-state index contributed by atoms with van der Waals surface area (Å²) in [4.78, 5) is 18.7. The molecule has 1 aliphatic rings. The van der Waals surface area contributed by atoms with Crippen molar-refractivity contribution in [2.75, 3.05) is 13.1 Å². The molecular weight excluding hydrogens is 266 g/mol. The topological polar surface area (TPSA) is 56.0 Å². The summed E-state index contributed by atoms with van der Waals surface area (Å²) < 4.78 is 3.93. The summed E-state index contributed by atoms with van der Waals surface area (Å²) in [6, 6.07) is 2.23. The molecule has 0 saturated carbocycles. The second kappa shape index (κ2) is 6.11. The van der Waals surface area contributed by atoms with E-state index in [1.807, 2.05) is 41.3 Å². The van der Waals surface area contributed by atoms with Gasteiger partial charge in [-0.25, -0.2) is 4.98 Å². The van der Waals surface area contributed by atoms with Gasteiger partial charge in [-0.3, -0.25) is 9.48 Å². The lowest BCUT2D eigenvalue weighted by atomic mass is 10.0. The minimum Gasteiger partial charge on any atom is -0.340 e. The van der Waals surface area contributed by atoms with Crippen LogP contribution in [0.5, 0.6) is 0 Å². The largest absolute Gasteiger partial charge is 0.340 e. The van der Waals surface area contributed by atoms with Crippen molar-refractivity contribution in [2.24, 2.45) is 5.92 Å². The monoisotopic (exact) mass is 287 g/mol. The molecule has 0 spiro atoms. The van der Waals surface area contributed by atoms with E-state index in [4.69, 9.17) is 0 Å². The number of carbonyl (C=O) groups is 1. The molecule has 0 N–H and O–H groups in total. The zero-order valence-corrected chi connectivity index (χ0v) is 12.3. The summed E-state index contributed by atoms with van der Waals surface area (Å²) in [6.07, 6.45) is 11.4. The van der Waals surface area contributed by atoms with Crippen molar-refractivity contribution >= 4 is 5.91 Å². The molecule has 2 atom stereocenters. The third kappa shape index (κ3) is 3.15. The van der Waals surface area contributed by atoms with Crippen LogP contribution in [0.15, 0.2) is 37.2 Å². The highest BCUT2D eigenvalue weighted by Crippen LogP contribution is 2.22. The van der Waals surface area contributed by atoms with Gasteiger partial charge in [0.25, 0.3) is 0 Å². The van der Waals surface area contributed by atoms with Crippen molar-refractivity contribution in [3.8, 4) is 0 Å². The number of nitrogens with zero attached hydrogens (tertiary/aromatic N) is 5. The van der Waals surface area contributed by atoms with Crippen molar-refractivity contribution in [2.45, 2.75) is 32.4 Å². The summed E-state index contributed by atoms with van der Waals surface area (Å²) in [5.41, 5.74) is 0. The Balaban J connectivity index is 1.61. The molecule has 0 bridgehead atoms. The molecule has 0 radical (unpaired) electrons. The number of rotatable bonds is 4. The summed E-state index contributed by atoms with van der Waals surface area (Å²) >= 11 is 0. The maximum Gasteiger partial charge on any atom is 0.227 e. The van der Waals surface area contributed by atoms with Crippen LogP contribution >= 0.6 is 0 Å². The number of hydrogen-bond acceptors (Lipinski definition) is 3. The Labute approximate surface area is 124 Å². The molecule has 21 heavy (non-hydrogen) atoms. The van der Waals surface area contributed by atoms with Gasteiger partial charge >= 0.3 is 0 Å². The summed E-state index contributed by atoms with van der Waals surface area (Å²) in [5, 5.41) is 4.17. The third-order valence-corrected chi connectivity index (χ3v) is 4.10. The molecule has 1 fully saturated rings. The molecule has 3 heterocycles. The summed E-state index contributed by atoms with van der Waals surface area (Å²) in [7, 11) is 0. The molecule has 6 heteroatoms. The zero-order valence-electron chi connectivity index (χ0n) is 12.3. The Kier molecular flexibility index (Phi) is 4.03. The van der Waals surface area contributed by atoms with Crippen LogP contribution in [0.25, 0.3) is 0 Å². The highest BCUT2D eigenvalue weighted by molar-refractivity contribution is 5.78. The van der Waals surface area contributed by atoms with E-state index in [1.54, 1.807) is 12.4 Å².